The molecule has 41 heavy (non-hydrogen) atoms. The third kappa shape index (κ3) is 7.58. The molecule has 2 amide bonds. The Kier molecular flexibility index (Phi) is 9.52. The SMILES string of the molecule is CN(C)CCCCC(=O)N(C)c1ccc(NC(=C2C(=O)Nc3cc(F)ccc32)c2cccc(CCC(=O)O)c2)cc1. The van der Waals surface area contributed by atoms with Crippen molar-refractivity contribution in [3.05, 3.63) is 89.2 Å². The highest BCUT2D eigenvalue weighted by atomic mass is 19.1. The number of nitrogens with zero attached hydrogens (tertiary/aromatic N) is 2. The zero-order valence-corrected chi connectivity index (χ0v) is 23.5. The Morgan fingerprint density at radius 3 is 2.41 bits per heavy atom. The van der Waals surface area contributed by atoms with Gasteiger partial charge in [0.2, 0.25) is 5.91 Å². The Labute approximate surface area is 239 Å². The average molecular weight is 559 g/mol. The minimum absolute atomic E-state index is 0.0191. The topological polar surface area (TPSA) is 102 Å². The summed E-state index contributed by atoms with van der Waals surface area (Å²) < 4.78 is 13.9. The van der Waals surface area contributed by atoms with Gasteiger partial charge in [-0.3, -0.25) is 14.4 Å². The molecule has 1 heterocycles. The summed E-state index contributed by atoms with van der Waals surface area (Å²) >= 11 is 0. The number of benzene rings is 3. The number of fused-ring (bicyclic) bond motifs is 1. The molecule has 0 saturated heterocycles. The van der Waals surface area contributed by atoms with Crippen LogP contribution in [0, 0.1) is 5.82 Å². The number of amides is 2. The molecule has 0 atom stereocenters. The van der Waals surface area contributed by atoms with Crippen LogP contribution >= 0.6 is 0 Å². The monoisotopic (exact) mass is 558 g/mol. The lowest BCUT2D eigenvalue weighted by atomic mass is 9.97. The van der Waals surface area contributed by atoms with E-state index in [4.69, 9.17) is 5.11 Å². The number of hydrogen-bond donors (Lipinski definition) is 3. The van der Waals surface area contributed by atoms with E-state index in [1.165, 1.54) is 12.1 Å². The molecule has 1 aliphatic rings. The lowest BCUT2D eigenvalue weighted by Gasteiger charge is -2.19. The van der Waals surface area contributed by atoms with Gasteiger partial charge in [0.15, 0.2) is 0 Å². The van der Waals surface area contributed by atoms with Gasteiger partial charge >= 0.3 is 5.97 Å². The van der Waals surface area contributed by atoms with Crippen molar-refractivity contribution in [3.63, 3.8) is 0 Å². The number of halogens is 1. The summed E-state index contributed by atoms with van der Waals surface area (Å²) in [5.74, 6) is -1.69. The molecule has 0 spiro atoms. The second-order valence-electron chi connectivity index (χ2n) is 10.4. The molecule has 3 aromatic carbocycles. The quantitative estimate of drug-likeness (QED) is 0.201. The Morgan fingerprint density at radius 1 is 0.951 bits per heavy atom. The van der Waals surface area contributed by atoms with E-state index in [2.05, 4.69) is 15.5 Å². The zero-order valence-electron chi connectivity index (χ0n) is 23.5. The number of carbonyl (C=O) groups excluding carboxylic acids is 2. The molecular weight excluding hydrogens is 523 g/mol. The van der Waals surface area contributed by atoms with Gasteiger partial charge in [-0.2, -0.15) is 0 Å². The van der Waals surface area contributed by atoms with Crippen molar-refractivity contribution in [2.75, 3.05) is 43.2 Å². The van der Waals surface area contributed by atoms with Gasteiger partial charge in [0.25, 0.3) is 5.91 Å². The maximum absolute atomic E-state index is 13.9. The normalized spacial score (nSPS) is 13.5. The predicted molar refractivity (Wildman–Crippen MR) is 160 cm³/mol. The van der Waals surface area contributed by atoms with Crippen molar-refractivity contribution in [1.29, 1.82) is 0 Å². The molecule has 8 nitrogen and oxygen atoms in total. The van der Waals surface area contributed by atoms with Crippen LogP contribution < -0.4 is 15.5 Å². The molecule has 0 bridgehead atoms. The highest BCUT2D eigenvalue weighted by molar-refractivity contribution is 6.37. The molecule has 1 aliphatic heterocycles. The van der Waals surface area contributed by atoms with E-state index in [0.29, 0.717) is 46.6 Å². The number of rotatable bonds is 12. The minimum Gasteiger partial charge on any atom is -0.481 e. The summed E-state index contributed by atoms with van der Waals surface area (Å²) in [6, 6.07) is 18.8. The Morgan fingerprint density at radius 2 is 1.71 bits per heavy atom. The van der Waals surface area contributed by atoms with Crippen LogP contribution in [0.4, 0.5) is 21.5 Å². The number of unbranched alkanes of at least 4 members (excludes halogenated alkanes) is 1. The third-order valence-electron chi connectivity index (χ3n) is 6.96. The number of carboxylic acids is 1. The van der Waals surface area contributed by atoms with E-state index in [0.717, 1.165) is 30.6 Å². The number of aryl methyl sites for hydroxylation is 1. The first kappa shape index (κ1) is 29.5. The highest BCUT2D eigenvalue weighted by Gasteiger charge is 2.29. The summed E-state index contributed by atoms with van der Waals surface area (Å²) in [6.45, 7) is 0.940. The fraction of sp³-hybridized carbons (Fsp3) is 0.281. The van der Waals surface area contributed by atoms with Crippen LogP contribution in [0.2, 0.25) is 0 Å². The van der Waals surface area contributed by atoms with E-state index in [1.807, 2.05) is 62.6 Å². The van der Waals surface area contributed by atoms with Gasteiger partial charge in [0.05, 0.1) is 17.0 Å². The van der Waals surface area contributed by atoms with E-state index >= 15 is 0 Å². The maximum Gasteiger partial charge on any atom is 0.303 e. The van der Waals surface area contributed by atoms with Crippen LogP contribution in [0.5, 0.6) is 0 Å². The van der Waals surface area contributed by atoms with Gasteiger partial charge in [-0.1, -0.05) is 18.2 Å². The zero-order chi connectivity index (χ0) is 29.5. The first-order valence-corrected chi connectivity index (χ1v) is 13.6. The highest BCUT2D eigenvalue weighted by Crippen LogP contribution is 2.38. The van der Waals surface area contributed by atoms with Crippen LogP contribution in [0.25, 0.3) is 11.3 Å². The average Bonchev–Trinajstić information content (AvgIpc) is 3.27. The van der Waals surface area contributed by atoms with Crippen LogP contribution in [-0.4, -0.2) is 55.5 Å². The number of nitrogens with one attached hydrogen (secondary N) is 2. The van der Waals surface area contributed by atoms with Gasteiger partial charge in [0.1, 0.15) is 5.82 Å². The molecule has 214 valence electrons. The van der Waals surface area contributed by atoms with Crippen molar-refractivity contribution in [2.45, 2.75) is 32.1 Å². The Bertz CT molecular complexity index is 1470. The second kappa shape index (κ2) is 13.2. The number of carboxylic acid groups (broad SMARTS) is 1. The van der Waals surface area contributed by atoms with Crippen LogP contribution in [-0.2, 0) is 20.8 Å². The molecule has 0 aromatic heterocycles. The third-order valence-corrected chi connectivity index (χ3v) is 6.96. The van der Waals surface area contributed by atoms with Crippen molar-refractivity contribution in [3.8, 4) is 0 Å². The fourth-order valence-electron chi connectivity index (χ4n) is 4.73. The fourth-order valence-corrected chi connectivity index (χ4v) is 4.73. The van der Waals surface area contributed by atoms with Crippen molar-refractivity contribution in [2.24, 2.45) is 0 Å². The van der Waals surface area contributed by atoms with E-state index in [1.54, 1.807) is 18.0 Å². The Hall–Kier alpha value is -4.50. The van der Waals surface area contributed by atoms with Gasteiger partial charge in [-0.15, -0.1) is 0 Å². The Balaban J connectivity index is 1.62. The van der Waals surface area contributed by atoms with Crippen molar-refractivity contribution in [1.82, 2.24) is 4.90 Å². The van der Waals surface area contributed by atoms with E-state index < -0.39 is 11.8 Å². The molecule has 0 aliphatic carbocycles. The number of anilines is 3. The largest absolute Gasteiger partial charge is 0.481 e. The summed E-state index contributed by atoms with van der Waals surface area (Å²) in [5, 5.41) is 15.2. The number of aliphatic carboxylic acids is 1. The summed E-state index contributed by atoms with van der Waals surface area (Å²) in [4.78, 5) is 40.7. The van der Waals surface area contributed by atoms with Crippen LogP contribution in [0.15, 0.2) is 66.7 Å². The van der Waals surface area contributed by atoms with E-state index in [-0.39, 0.29) is 18.2 Å². The molecule has 0 fully saturated rings. The summed E-state index contributed by atoms with van der Waals surface area (Å²) in [5.41, 5.74) is 4.72. The van der Waals surface area contributed by atoms with Gasteiger partial charge in [0, 0.05) is 36.8 Å². The molecule has 0 saturated carbocycles. The maximum atomic E-state index is 13.9. The van der Waals surface area contributed by atoms with Gasteiger partial charge < -0.3 is 25.5 Å². The van der Waals surface area contributed by atoms with Crippen molar-refractivity contribution >= 4 is 46.1 Å². The molecule has 0 unspecified atom stereocenters. The molecule has 9 heteroatoms. The second-order valence-corrected chi connectivity index (χ2v) is 10.4. The smallest absolute Gasteiger partial charge is 0.303 e. The van der Waals surface area contributed by atoms with Crippen LogP contribution in [0.3, 0.4) is 0 Å². The summed E-state index contributed by atoms with van der Waals surface area (Å²) in [6.07, 6.45) is 2.55. The van der Waals surface area contributed by atoms with Crippen molar-refractivity contribution < 1.29 is 23.9 Å². The number of carbonyl (C=O) groups is 3. The summed E-state index contributed by atoms with van der Waals surface area (Å²) in [7, 11) is 5.78. The lowest BCUT2D eigenvalue weighted by Crippen LogP contribution is -2.26. The molecule has 4 rings (SSSR count). The first-order valence-electron chi connectivity index (χ1n) is 13.6. The lowest BCUT2D eigenvalue weighted by molar-refractivity contribution is -0.137. The predicted octanol–water partition coefficient (Wildman–Crippen LogP) is 5.47. The van der Waals surface area contributed by atoms with Crippen LogP contribution in [0.1, 0.15) is 42.4 Å². The molecular formula is C32H35FN4O4. The molecule has 0 radical (unpaired) electrons. The van der Waals surface area contributed by atoms with E-state index in [9.17, 15) is 18.8 Å². The number of hydrogen-bond acceptors (Lipinski definition) is 5. The molecule has 3 N–H and O–H groups in total. The molecule has 3 aromatic rings. The minimum atomic E-state index is -0.893. The van der Waals surface area contributed by atoms with Gasteiger partial charge in [-0.25, -0.2) is 4.39 Å². The standard InChI is InChI=1S/C32H35FN4O4/c1-36(2)18-5-4-9-28(38)37(3)25-14-12-24(13-15-25)34-31(22-8-6-7-21(19-22)10-17-29(39)40)30-26-16-11-23(33)20-27(26)35-32(30)41/h6-8,11-16,19-20,34H,4-5,9-10,17-18H2,1-3H3,(H,35,41)(H,39,40). The van der Waals surface area contributed by atoms with Gasteiger partial charge in [-0.05, 0) is 99.6 Å². The first-order chi connectivity index (χ1) is 19.6.